The van der Waals surface area contributed by atoms with Crippen molar-refractivity contribution in [2.45, 2.75) is 53.4 Å². The summed E-state index contributed by atoms with van der Waals surface area (Å²) in [6.07, 6.45) is 0.819. The molecule has 0 radical (unpaired) electrons. The molecule has 116 valence electrons. The van der Waals surface area contributed by atoms with Crippen LogP contribution in [0.4, 0.5) is 4.79 Å². The van der Waals surface area contributed by atoms with Gasteiger partial charge in [-0.15, -0.1) is 0 Å². The minimum absolute atomic E-state index is 0.335. The van der Waals surface area contributed by atoms with Gasteiger partial charge in [-0.3, -0.25) is 0 Å². The summed E-state index contributed by atoms with van der Waals surface area (Å²) in [7, 11) is 1.34. The van der Waals surface area contributed by atoms with Crippen LogP contribution < -0.4 is 5.32 Å². The fourth-order valence-electron chi connectivity index (χ4n) is 1.31. The van der Waals surface area contributed by atoms with Crippen LogP contribution in [0.2, 0.25) is 0 Å². The Bertz CT molecular complexity index is 334. The lowest BCUT2D eigenvalue weighted by molar-refractivity contribution is 0.171. The molecule has 0 bridgehead atoms. The molecule has 0 heterocycles. The van der Waals surface area contributed by atoms with Crippen LogP contribution in [0.15, 0.2) is 30.3 Å². The molecule has 1 amide bonds. The van der Waals surface area contributed by atoms with Crippen molar-refractivity contribution in [3.8, 4) is 0 Å². The second kappa shape index (κ2) is 12.5. The third-order valence-corrected chi connectivity index (χ3v) is 2.95. The van der Waals surface area contributed by atoms with Crippen molar-refractivity contribution in [3.63, 3.8) is 0 Å². The smallest absolute Gasteiger partial charge is 0.406 e. The number of nitrogens with one attached hydrogen (secondary N) is 1. The minimum atomic E-state index is -0.373. The number of hydrogen-bond donors (Lipinski definition) is 1. The molecule has 0 aliphatic carbocycles. The van der Waals surface area contributed by atoms with Gasteiger partial charge in [-0.25, -0.2) is 4.79 Å². The average Bonchev–Trinajstić information content (AvgIpc) is 2.51. The first-order chi connectivity index (χ1) is 9.47. The highest BCUT2D eigenvalue weighted by molar-refractivity contribution is 5.66. The lowest BCUT2D eigenvalue weighted by atomic mass is 9.82. The highest BCUT2D eigenvalue weighted by atomic mass is 16.5. The normalized spacial score (nSPS) is 9.35. The molecule has 1 aromatic carbocycles. The van der Waals surface area contributed by atoms with E-state index < -0.39 is 0 Å². The molecule has 3 heteroatoms. The molecule has 0 aliphatic heterocycles. The maximum absolute atomic E-state index is 10.1. The zero-order valence-corrected chi connectivity index (χ0v) is 14.1. The predicted octanol–water partition coefficient (Wildman–Crippen LogP) is 4.76. The molecule has 0 atom stereocenters. The zero-order valence-electron chi connectivity index (χ0n) is 14.1. The van der Waals surface area contributed by atoms with Gasteiger partial charge in [0.15, 0.2) is 0 Å². The third kappa shape index (κ3) is 9.42. The van der Waals surface area contributed by atoms with Gasteiger partial charge in [-0.2, -0.15) is 0 Å². The van der Waals surface area contributed by atoms with Crippen LogP contribution in [0.3, 0.4) is 0 Å². The van der Waals surface area contributed by atoms with Crippen molar-refractivity contribution in [1.82, 2.24) is 5.32 Å². The molecule has 1 N–H and O–H groups in total. The van der Waals surface area contributed by atoms with Gasteiger partial charge in [0.1, 0.15) is 0 Å². The Balaban J connectivity index is 0. The zero-order chi connectivity index (χ0) is 16.0. The summed E-state index contributed by atoms with van der Waals surface area (Å²) < 4.78 is 4.24. The number of methoxy groups -OCH3 is 1. The number of carbonyl (C=O) groups is 1. The van der Waals surface area contributed by atoms with E-state index in [0.717, 1.165) is 0 Å². The summed E-state index contributed by atoms with van der Waals surface area (Å²) >= 11 is 0. The summed E-state index contributed by atoms with van der Waals surface area (Å²) in [4.78, 5) is 10.1. The Kier molecular flexibility index (Phi) is 13.0. The first-order valence-corrected chi connectivity index (χ1v) is 7.35. The lowest BCUT2D eigenvalue weighted by Crippen LogP contribution is -2.21. The number of amides is 1. The Hall–Kier alpha value is -1.51. The number of rotatable bonds is 3. The number of ether oxygens (including phenoxy) is 1. The molecular weight excluding hydrogens is 250 g/mol. The summed E-state index contributed by atoms with van der Waals surface area (Å²) in [6.45, 7) is 13.2. The first kappa shape index (κ1) is 20.8. The molecule has 3 nitrogen and oxygen atoms in total. The van der Waals surface area contributed by atoms with Gasteiger partial charge in [0.25, 0.3) is 0 Å². The molecule has 0 aliphatic rings. The summed E-state index contributed by atoms with van der Waals surface area (Å²) in [5, 5.41) is 2.43. The fourth-order valence-corrected chi connectivity index (χ4v) is 1.31. The van der Waals surface area contributed by atoms with Crippen LogP contribution in [-0.4, -0.2) is 19.7 Å². The Morgan fingerprint density at radius 1 is 1.15 bits per heavy atom. The number of hydrogen-bond acceptors (Lipinski definition) is 2. The Labute approximate surface area is 124 Å². The van der Waals surface area contributed by atoms with E-state index in [1.54, 1.807) is 0 Å². The number of benzene rings is 1. The van der Waals surface area contributed by atoms with E-state index in [0.29, 0.717) is 12.0 Å². The highest BCUT2D eigenvalue weighted by Gasteiger charge is 2.16. The van der Waals surface area contributed by atoms with Gasteiger partial charge in [0.2, 0.25) is 0 Å². The monoisotopic (exact) mass is 281 g/mol. The second-order valence-corrected chi connectivity index (χ2v) is 4.63. The molecule has 20 heavy (non-hydrogen) atoms. The highest BCUT2D eigenvalue weighted by Crippen LogP contribution is 2.25. The molecular formula is C17H31NO2. The predicted molar refractivity (Wildman–Crippen MR) is 87.2 cm³/mol. The summed E-state index contributed by atoms with van der Waals surface area (Å²) in [5.74, 6) is 0. The summed E-state index contributed by atoms with van der Waals surface area (Å²) in [6, 6.07) is 10.7. The van der Waals surface area contributed by atoms with E-state index in [4.69, 9.17) is 0 Å². The van der Waals surface area contributed by atoms with Crippen LogP contribution in [0.1, 0.15) is 53.5 Å². The van der Waals surface area contributed by atoms with E-state index in [-0.39, 0.29) is 6.09 Å². The maximum atomic E-state index is 10.1. The quantitative estimate of drug-likeness (QED) is 0.867. The van der Waals surface area contributed by atoms with Crippen molar-refractivity contribution in [2.75, 3.05) is 13.7 Å². The average molecular weight is 281 g/mol. The number of carbonyl (C=O) groups excluding carboxylic acids is 1. The van der Waals surface area contributed by atoms with Crippen molar-refractivity contribution in [3.05, 3.63) is 35.9 Å². The second-order valence-electron chi connectivity index (χ2n) is 4.63. The molecule has 0 saturated carbocycles. The minimum Gasteiger partial charge on any atom is -0.453 e. The Morgan fingerprint density at radius 3 is 1.95 bits per heavy atom. The van der Waals surface area contributed by atoms with E-state index in [9.17, 15) is 4.79 Å². The van der Waals surface area contributed by atoms with Crippen LogP contribution in [-0.2, 0) is 10.2 Å². The van der Waals surface area contributed by atoms with Crippen LogP contribution in [0.25, 0.3) is 0 Å². The van der Waals surface area contributed by atoms with Gasteiger partial charge < -0.3 is 10.1 Å². The van der Waals surface area contributed by atoms with Gasteiger partial charge in [0, 0.05) is 6.54 Å². The maximum Gasteiger partial charge on any atom is 0.406 e. The molecule has 0 fully saturated rings. The van der Waals surface area contributed by atoms with Crippen molar-refractivity contribution >= 4 is 6.09 Å². The number of alkyl carbamates (subject to hydrolysis) is 1. The molecule has 0 unspecified atom stereocenters. The van der Waals surface area contributed by atoms with Crippen molar-refractivity contribution in [2.24, 2.45) is 0 Å². The van der Waals surface area contributed by atoms with E-state index in [1.807, 2.05) is 20.8 Å². The molecule has 1 rings (SSSR count). The molecule has 0 spiro atoms. The standard InChI is InChI=1S/C11H16.C4H9NO2.C2H6/c1-4-11(2,3)10-8-6-5-7-9-10;1-3-5-4(6)7-2;1-2/h5-9H,4H2,1-3H3;3H2,1-2H3,(H,5,6);1-2H3. The van der Waals surface area contributed by atoms with E-state index in [1.165, 1.54) is 19.1 Å². The van der Waals surface area contributed by atoms with Crippen LogP contribution >= 0.6 is 0 Å². The van der Waals surface area contributed by atoms with Crippen LogP contribution in [0.5, 0.6) is 0 Å². The van der Waals surface area contributed by atoms with Crippen molar-refractivity contribution in [1.29, 1.82) is 0 Å². The third-order valence-electron chi connectivity index (χ3n) is 2.95. The van der Waals surface area contributed by atoms with E-state index >= 15 is 0 Å². The molecule has 0 saturated heterocycles. The van der Waals surface area contributed by atoms with Crippen LogP contribution in [0, 0.1) is 0 Å². The SMILES string of the molecule is CC.CCC(C)(C)c1ccccc1.CCNC(=O)OC. The van der Waals surface area contributed by atoms with Crippen molar-refractivity contribution < 1.29 is 9.53 Å². The lowest BCUT2D eigenvalue weighted by Gasteiger charge is -2.22. The van der Waals surface area contributed by atoms with Gasteiger partial charge in [0.05, 0.1) is 7.11 Å². The Morgan fingerprint density at radius 2 is 1.65 bits per heavy atom. The first-order valence-electron chi connectivity index (χ1n) is 7.35. The van der Waals surface area contributed by atoms with E-state index in [2.05, 4.69) is 61.2 Å². The molecule has 1 aromatic rings. The largest absolute Gasteiger partial charge is 0.453 e. The van der Waals surface area contributed by atoms with Gasteiger partial charge in [-0.1, -0.05) is 65.0 Å². The molecule has 0 aromatic heterocycles. The fraction of sp³-hybridized carbons (Fsp3) is 0.588. The van der Waals surface area contributed by atoms with Gasteiger partial charge >= 0.3 is 6.09 Å². The van der Waals surface area contributed by atoms with Gasteiger partial charge in [-0.05, 0) is 24.3 Å². The summed E-state index contributed by atoms with van der Waals surface area (Å²) in [5.41, 5.74) is 1.77. The topological polar surface area (TPSA) is 38.3 Å².